The van der Waals surface area contributed by atoms with E-state index in [1.165, 1.54) is 9.75 Å². The van der Waals surface area contributed by atoms with Crippen LogP contribution in [0.4, 0.5) is 0 Å². The van der Waals surface area contributed by atoms with Gasteiger partial charge >= 0.3 is 0 Å². The van der Waals surface area contributed by atoms with Gasteiger partial charge in [-0.25, -0.2) is 0 Å². The van der Waals surface area contributed by atoms with Crippen molar-refractivity contribution in [2.24, 2.45) is 11.8 Å². The van der Waals surface area contributed by atoms with Crippen LogP contribution in [0, 0.1) is 11.8 Å². The minimum absolute atomic E-state index is 0.0622. The summed E-state index contributed by atoms with van der Waals surface area (Å²) in [6.07, 6.45) is 1.88. The Balaban J connectivity index is 2.03. The summed E-state index contributed by atoms with van der Waals surface area (Å²) >= 11 is 1.76. The Kier molecular flexibility index (Phi) is 4.23. The van der Waals surface area contributed by atoms with E-state index >= 15 is 0 Å². The van der Waals surface area contributed by atoms with Crippen LogP contribution >= 0.6 is 11.3 Å². The Labute approximate surface area is 113 Å². The zero-order valence-electron chi connectivity index (χ0n) is 11.6. The summed E-state index contributed by atoms with van der Waals surface area (Å²) in [5.74, 6) is 0.731. The van der Waals surface area contributed by atoms with Gasteiger partial charge in [-0.1, -0.05) is 13.8 Å². The molecule has 0 aromatic carbocycles. The zero-order chi connectivity index (χ0) is 13.3. The fraction of sp³-hybridized carbons (Fsp3) is 0.667. The first-order valence-corrected chi connectivity index (χ1v) is 7.60. The van der Waals surface area contributed by atoms with Gasteiger partial charge in [0, 0.05) is 22.1 Å². The molecule has 1 saturated heterocycles. The molecule has 0 amide bonds. The molecule has 3 heteroatoms. The third-order valence-corrected chi connectivity index (χ3v) is 5.26. The van der Waals surface area contributed by atoms with E-state index in [-0.39, 0.29) is 18.1 Å². The lowest BCUT2D eigenvalue weighted by molar-refractivity contribution is -0.124. The van der Waals surface area contributed by atoms with Crippen LogP contribution in [0.5, 0.6) is 0 Å². The molecule has 0 saturated carbocycles. The Morgan fingerprint density at radius 1 is 1.22 bits per heavy atom. The number of Topliss-reactive ketones (excluding diaryl/α,β-unsaturated/α-hetero) is 1. The summed E-state index contributed by atoms with van der Waals surface area (Å²) in [4.78, 5) is 15.0. The first-order chi connectivity index (χ1) is 8.52. The molecule has 0 N–H and O–H groups in total. The van der Waals surface area contributed by atoms with Crippen LogP contribution in [0.3, 0.4) is 0 Å². The highest BCUT2D eigenvalue weighted by molar-refractivity contribution is 7.12. The summed E-state index contributed by atoms with van der Waals surface area (Å²) in [5.41, 5.74) is 0. The molecule has 1 fully saturated rings. The minimum Gasteiger partial charge on any atom is -0.375 e. The molecule has 1 aromatic heterocycles. The molecule has 2 rings (SSSR count). The first-order valence-electron chi connectivity index (χ1n) is 6.78. The maximum Gasteiger partial charge on any atom is 0.144 e. The van der Waals surface area contributed by atoms with E-state index in [1.54, 1.807) is 11.3 Å². The summed E-state index contributed by atoms with van der Waals surface area (Å²) in [6.45, 7) is 8.36. The normalized spacial score (nSPS) is 31.8. The van der Waals surface area contributed by atoms with Gasteiger partial charge in [-0.15, -0.1) is 11.3 Å². The largest absolute Gasteiger partial charge is 0.375 e. The van der Waals surface area contributed by atoms with Crippen molar-refractivity contribution in [1.82, 2.24) is 0 Å². The van der Waals surface area contributed by atoms with E-state index < -0.39 is 0 Å². The second-order valence-electron chi connectivity index (χ2n) is 5.30. The number of carbonyl (C=O) groups excluding carboxylic acids is 1. The number of hydrogen-bond acceptors (Lipinski definition) is 3. The Bertz CT molecular complexity index is 424. The summed E-state index contributed by atoms with van der Waals surface area (Å²) < 4.78 is 5.75. The quantitative estimate of drug-likeness (QED) is 0.834. The van der Waals surface area contributed by atoms with Gasteiger partial charge in [0.15, 0.2) is 0 Å². The van der Waals surface area contributed by atoms with Gasteiger partial charge in [0.25, 0.3) is 0 Å². The third-order valence-electron chi connectivity index (χ3n) is 4.03. The highest BCUT2D eigenvalue weighted by atomic mass is 32.1. The lowest BCUT2D eigenvalue weighted by Gasteiger charge is -2.16. The Morgan fingerprint density at radius 2 is 1.89 bits per heavy atom. The molecule has 100 valence electrons. The number of ketones is 1. The summed E-state index contributed by atoms with van der Waals surface area (Å²) in [5, 5.41) is 0. The van der Waals surface area contributed by atoms with Crippen LogP contribution < -0.4 is 0 Å². The van der Waals surface area contributed by atoms with Gasteiger partial charge in [0.2, 0.25) is 0 Å². The van der Waals surface area contributed by atoms with Crippen molar-refractivity contribution in [1.29, 1.82) is 0 Å². The average Bonchev–Trinajstić information content (AvgIpc) is 2.85. The molecule has 0 bridgehead atoms. The first kappa shape index (κ1) is 13.8. The Hall–Kier alpha value is -0.670. The van der Waals surface area contributed by atoms with Crippen LogP contribution in [0.1, 0.15) is 37.4 Å². The smallest absolute Gasteiger partial charge is 0.144 e. The molecule has 4 atom stereocenters. The molecule has 4 unspecified atom stereocenters. The van der Waals surface area contributed by atoms with E-state index in [1.807, 2.05) is 6.92 Å². The molecule has 0 aliphatic carbocycles. The van der Waals surface area contributed by atoms with E-state index in [0.29, 0.717) is 18.1 Å². The number of ether oxygens (including phenoxy) is 1. The molecule has 0 spiro atoms. The van der Waals surface area contributed by atoms with Crippen molar-refractivity contribution in [2.45, 2.75) is 52.7 Å². The average molecular weight is 266 g/mol. The van der Waals surface area contributed by atoms with E-state index in [9.17, 15) is 4.79 Å². The molecule has 18 heavy (non-hydrogen) atoms. The predicted molar refractivity (Wildman–Crippen MR) is 75.1 cm³/mol. The molecule has 1 aliphatic heterocycles. The van der Waals surface area contributed by atoms with Gasteiger partial charge in [-0.05, 0) is 38.3 Å². The summed E-state index contributed by atoms with van der Waals surface area (Å²) in [7, 11) is 0. The molecular formula is C15H22O2S. The van der Waals surface area contributed by atoms with Crippen molar-refractivity contribution < 1.29 is 9.53 Å². The Morgan fingerprint density at radius 3 is 2.39 bits per heavy atom. The second-order valence-corrected chi connectivity index (χ2v) is 6.55. The van der Waals surface area contributed by atoms with Crippen LogP contribution in [0.15, 0.2) is 12.1 Å². The highest BCUT2D eigenvalue weighted by Gasteiger charge is 2.41. The maximum atomic E-state index is 12.4. The van der Waals surface area contributed by atoms with Gasteiger partial charge in [-0.2, -0.15) is 0 Å². The fourth-order valence-electron chi connectivity index (χ4n) is 2.82. The topological polar surface area (TPSA) is 26.3 Å². The summed E-state index contributed by atoms with van der Waals surface area (Å²) in [6, 6.07) is 4.23. The van der Waals surface area contributed by atoms with Crippen molar-refractivity contribution in [2.75, 3.05) is 0 Å². The lowest BCUT2D eigenvalue weighted by Crippen LogP contribution is -2.27. The zero-order valence-corrected chi connectivity index (χ0v) is 12.4. The van der Waals surface area contributed by atoms with Gasteiger partial charge in [0.1, 0.15) is 5.78 Å². The minimum atomic E-state index is 0.0622. The molecule has 2 nitrogen and oxygen atoms in total. The van der Waals surface area contributed by atoms with Crippen LogP contribution in [-0.4, -0.2) is 18.0 Å². The van der Waals surface area contributed by atoms with Gasteiger partial charge in [0.05, 0.1) is 12.2 Å². The standard InChI is InChI=1S/C15H22O2S/c1-5-12-6-7-13(18-12)8-14(16)15-9(2)10(3)17-11(15)4/h6-7,9-11,15H,5,8H2,1-4H3. The maximum absolute atomic E-state index is 12.4. The van der Waals surface area contributed by atoms with Crippen molar-refractivity contribution in [3.05, 3.63) is 21.9 Å². The second kappa shape index (κ2) is 5.54. The lowest BCUT2D eigenvalue weighted by atomic mass is 9.85. The number of carbonyl (C=O) groups is 1. The van der Waals surface area contributed by atoms with Gasteiger partial charge < -0.3 is 4.74 Å². The number of aryl methyl sites for hydroxylation is 1. The van der Waals surface area contributed by atoms with E-state index in [4.69, 9.17) is 4.74 Å². The SMILES string of the molecule is CCc1ccc(CC(=O)C2C(C)OC(C)C2C)s1. The predicted octanol–water partition coefficient (Wildman–Crippen LogP) is 3.48. The molecule has 1 aromatic rings. The molecule has 2 heterocycles. The van der Waals surface area contributed by atoms with Crippen LogP contribution in [0.25, 0.3) is 0 Å². The highest BCUT2D eigenvalue weighted by Crippen LogP contribution is 2.34. The van der Waals surface area contributed by atoms with Crippen molar-refractivity contribution in [3.63, 3.8) is 0 Å². The van der Waals surface area contributed by atoms with E-state index in [2.05, 4.69) is 32.9 Å². The van der Waals surface area contributed by atoms with Crippen molar-refractivity contribution >= 4 is 17.1 Å². The number of rotatable bonds is 4. The molecular weight excluding hydrogens is 244 g/mol. The molecule has 0 radical (unpaired) electrons. The third kappa shape index (κ3) is 2.67. The number of thiophene rings is 1. The van der Waals surface area contributed by atoms with E-state index in [0.717, 1.165) is 6.42 Å². The molecule has 1 aliphatic rings. The van der Waals surface area contributed by atoms with Crippen molar-refractivity contribution in [3.8, 4) is 0 Å². The van der Waals surface area contributed by atoms with Crippen LogP contribution in [0.2, 0.25) is 0 Å². The monoisotopic (exact) mass is 266 g/mol. The number of hydrogen-bond donors (Lipinski definition) is 0. The van der Waals surface area contributed by atoms with Gasteiger partial charge in [-0.3, -0.25) is 4.79 Å². The van der Waals surface area contributed by atoms with Crippen LogP contribution in [-0.2, 0) is 22.4 Å². The fourth-order valence-corrected chi connectivity index (χ4v) is 3.79.